The van der Waals surface area contributed by atoms with Gasteiger partial charge in [0.1, 0.15) is 16.4 Å². The average Bonchev–Trinajstić information content (AvgIpc) is 3.07. The zero-order valence-electron chi connectivity index (χ0n) is 10.0. The van der Waals surface area contributed by atoms with E-state index in [1.54, 1.807) is 31.4 Å². The van der Waals surface area contributed by atoms with Gasteiger partial charge in [0.25, 0.3) is 5.89 Å². The monoisotopic (exact) mass is 274 g/mol. The van der Waals surface area contributed by atoms with Crippen LogP contribution in [0.4, 0.5) is 0 Å². The highest BCUT2D eigenvalue weighted by atomic mass is 32.1. The maximum Gasteiger partial charge on any atom is 0.272 e. The van der Waals surface area contributed by atoms with Crippen molar-refractivity contribution in [3.8, 4) is 33.7 Å². The second-order valence-corrected chi connectivity index (χ2v) is 4.71. The zero-order valence-corrected chi connectivity index (χ0v) is 10.8. The number of phenolic OH excluding ortho intramolecular Hbond substituents is 1. The van der Waals surface area contributed by atoms with Gasteiger partial charge in [0.2, 0.25) is 5.82 Å². The van der Waals surface area contributed by atoms with E-state index >= 15 is 0 Å². The molecule has 1 N–H and O–H groups in total. The molecule has 0 aliphatic rings. The normalized spacial score (nSPS) is 10.6. The average molecular weight is 274 g/mol. The number of thiophene rings is 1. The Morgan fingerprint density at radius 1 is 1.32 bits per heavy atom. The van der Waals surface area contributed by atoms with Crippen LogP contribution in [0.2, 0.25) is 0 Å². The Hall–Kier alpha value is -2.34. The Morgan fingerprint density at radius 2 is 2.21 bits per heavy atom. The molecule has 6 heteroatoms. The first kappa shape index (κ1) is 11.7. The minimum Gasteiger partial charge on any atom is -0.508 e. The quantitative estimate of drug-likeness (QED) is 0.794. The van der Waals surface area contributed by atoms with Crippen molar-refractivity contribution in [2.45, 2.75) is 0 Å². The van der Waals surface area contributed by atoms with Gasteiger partial charge in [-0.2, -0.15) is 4.98 Å². The van der Waals surface area contributed by atoms with Gasteiger partial charge in [-0.1, -0.05) is 17.3 Å². The summed E-state index contributed by atoms with van der Waals surface area (Å²) in [5.74, 6) is 1.71. The first-order chi connectivity index (χ1) is 9.28. The van der Waals surface area contributed by atoms with Crippen molar-refractivity contribution in [1.82, 2.24) is 10.1 Å². The van der Waals surface area contributed by atoms with Gasteiger partial charge in [-0.15, -0.1) is 11.3 Å². The number of methoxy groups -OCH3 is 1. The van der Waals surface area contributed by atoms with E-state index in [-0.39, 0.29) is 5.75 Å². The predicted molar refractivity (Wildman–Crippen MR) is 71.3 cm³/mol. The van der Waals surface area contributed by atoms with Gasteiger partial charge >= 0.3 is 0 Å². The summed E-state index contributed by atoms with van der Waals surface area (Å²) in [4.78, 5) is 5.11. The highest BCUT2D eigenvalue weighted by Crippen LogP contribution is 2.35. The third-order valence-electron chi connectivity index (χ3n) is 2.57. The first-order valence-corrected chi connectivity index (χ1v) is 6.41. The third-order valence-corrected chi connectivity index (χ3v) is 3.46. The lowest BCUT2D eigenvalue weighted by atomic mass is 10.2. The van der Waals surface area contributed by atoms with Crippen LogP contribution in [0, 0.1) is 0 Å². The largest absolute Gasteiger partial charge is 0.508 e. The van der Waals surface area contributed by atoms with Crippen molar-refractivity contribution in [1.29, 1.82) is 0 Å². The number of ether oxygens (including phenoxy) is 1. The molecular formula is C13H10N2O3S. The molecule has 0 amide bonds. The molecule has 0 bridgehead atoms. The van der Waals surface area contributed by atoms with E-state index in [9.17, 15) is 5.11 Å². The topological polar surface area (TPSA) is 68.4 Å². The van der Waals surface area contributed by atoms with Crippen molar-refractivity contribution in [2.75, 3.05) is 7.11 Å². The molecule has 0 unspecified atom stereocenters. The van der Waals surface area contributed by atoms with Crippen molar-refractivity contribution in [3.63, 3.8) is 0 Å². The van der Waals surface area contributed by atoms with Gasteiger partial charge < -0.3 is 14.4 Å². The fraction of sp³-hybridized carbons (Fsp3) is 0.0769. The summed E-state index contributed by atoms with van der Waals surface area (Å²) in [6.07, 6.45) is 0. The Morgan fingerprint density at radius 3 is 3.00 bits per heavy atom. The molecule has 96 valence electrons. The molecule has 0 spiro atoms. The van der Waals surface area contributed by atoms with Crippen LogP contribution in [-0.4, -0.2) is 22.4 Å². The lowest BCUT2D eigenvalue weighted by molar-refractivity contribution is 0.408. The second kappa shape index (κ2) is 4.74. The second-order valence-electron chi connectivity index (χ2n) is 3.79. The molecule has 2 aromatic heterocycles. The van der Waals surface area contributed by atoms with E-state index in [4.69, 9.17) is 9.26 Å². The van der Waals surface area contributed by atoms with E-state index in [1.807, 2.05) is 11.4 Å². The molecule has 0 radical (unpaired) electrons. The fourth-order valence-electron chi connectivity index (χ4n) is 1.69. The van der Waals surface area contributed by atoms with Gasteiger partial charge in [-0.05, 0) is 23.6 Å². The predicted octanol–water partition coefficient (Wildman–Crippen LogP) is 3.18. The van der Waals surface area contributed by atoms with E-state index in [2.05, 4.69) is 10.1 Å². The molecule has 1 aromatic carbocycles. The highest BCUT2D eigenvalue weighted by molar-refractivity contribution is 7.13. The SMILES string of the molecule is COc1ccsc1-c1nc(-c2cccc(O)c2)no1. The lowest BCUT2D eigenvalue weighted by Crippen LogP contribution is -1.83. The van der Waals surface area contributed by atoms with Crippen LogP contribution in [0.25, 0.3) is 22.2 Å². The molecule has 2 heterocycles. The molecule has 0 aliphatic carbocycles. The molecule has 0 saturated carbocycles. The van der Waals surface area contributed by atoms with Gasteiger partial charge in [0, 0.05) is 5.56 Å². The number of nitrogens with zero attached hydrogens (tertiary/aromatic N) is 2. The van der Waals surface area contributed by atoms with Crippen LogP contribution in [0.3, 0.4) is 0 Å². The highest BCUT2D eigenvalue weighted by Gasteiger charge is 2.16. The van der Waals surface area contributed by atoms with Gasteiger partial charge in [-0.25, -0.2) is 0 Å². The smallest absolute Gasteiger partial charge is 0.272 e. The van der Waals surface area contributed by atoms with Crippen molar-refractivity contribution >= 4 is 11.3 Å². The lowest BCUT2D eigenvalue weighted by Gasteiger charge is -1.96. The van der Waals surface area contributed by atoms with Crippen molar-refractivity contribution in [3.05, 3.63) is 35.7 Å². The van der Waals surface area contributed by atoms with E-state index in [0.717, 1.165) is 4.88 Å². The van der Waals surface area contributed by atoms with Crippen LogP contribution in [0.15, 0.2) is 40.2 Å². The summed E-state index contributed by atoms with van der Waals surface area (Å²) in [5.41, 5.74) is 0.700. The Labute approximate surface area is 113 Å². The van der Waals surface area contributed by atoms with Gasteiger partial charge in [-0.3, -0.25) is 0 Å². The summed E-state index contributed by atoms with van der Waals surface area (Å²) in [5, 5.41) is 15.3. The summed E-state index contributed by atoms with van der Waals surface area (Å²) in [6, 6.07) is 8.55. The molecule has 5 nitrogen and oxygen atoms in total. The standard InChI is InChI=1S/C13H10N2O3S/c1-17-10-5-6-19-11(10)13-14-12(15-18-13)8-3-2-4-9(16)7-8/h2-7,16H,1H3. The van der Waals surface area contributed by atoms with Crippen LogP contribution in [0.1, 0.15) is 0 Å². The fourth-order valence-corrected chi connectivity index (χ4v) is 2.47. The number of benzene rings is 1. The number of aromatic hydroxyl groups is 1. The third kappa shape index (κ3) is 2.17. The summed E-state index contributed by atoms with van der Waals surface area (Å²) < 4.78 is 10.4. The first-order valence-electron chi connectivity index (χ1n) is 5.53. The number of hydrogen-bond acceptors (Lipinski definition) is 6. The number of hydrogen-bond donors (Lipinski definition) is 1. The van der Waals surface area contributed by atoms with Crippen LogP contribution < -0.4 is 4.74 Å². The Balaban J connectivity index is 2.00. The molecule has 19 heavy (non-hydrogen) atoms. The van der Waals surface area contributed by atoms with E-state index in [0.29, 0.717) is 23.0 Å². The number of phenols is 1. The Bertz CT molecular complexity index is 705. The van der Waals surface area contributed by atoms with E-state index < -0.39 is 0 Å². The molecule has 3 rings (SSSR count). The molecule has 3 aromatic rings. The van der Waals surface area contributed by atoms with Gasteiger partial charge in [0.05, 0.1) is 7.11 Å². The zero-order chi connectivity index (χ0) is 13.2. The summed E-state index contributed by atoms with van der Waals surface area (Å²) in [7, 11) is 1.60. The molecule has 0 saturated heterocycles. The molecular weight excluding hydrogens is 264 g/mol. The summed E-state index contributed by atoms with van der Waals surface area (Å²) >= 11 is 1.47. The number of rotatable bonds is 3. The van der Waals surface area contributed by atoms with Crippen molar-refractivity contribution in [2.24, 2.45) is 0 Å². The van der Waals surface area contributed by atoms with Crippen LogP contribution in [0.5, 0.6) is 11.5 Å². The molecule has 0 aliphatic heterocycles. The maximum absolute atomic E-state index is 9.44. The van der Waals surface area contributed by atoms with Crippen LogP contribution >= 0.6 is 11.3 Å². The van der Waals surface area contributed by atoms with Gasteiger partial charge in [0.15, 0.2) is 0 Å². The summed E-state index contributed by atoms with van der Waals surface area (Å²) in [6.45, 7) is 0. The molecule has 0 atom stereocenters. The number of aromatic nitrogens is 2. The Kier molecular flexibility index (Phi) is 2.92. The molecule has 0 fully saturated rings. The minimum absolute atomic E-state index is 0.164. The minimum atomic E-state index is 0.164. The van der Waals surface area contributed by atoms with E-state index in [1.165, 1.54) is 11.3 Å². The maximum atomic E-state index is 9.44. The van der Waals surface area contributed by atoms with Crippen LogP contribution in [-0.2, 0) is 0 Å². The van der Waals surface area contributed by atoms with Crippen molar-refractivity contribution < 1.29 is 14.4 Å².